The Morgan fingerprint density at radius 3 is 2.11 bits per heavy atom. The molecule has 3 atom stereocenters. The van der Waals surface area contributed by atoms with E-state index >= 15 is 0 Å². The van der Waals surface area contributed by atoms with Crippen LogP contribution in [0, 0.1) is 17.3 Å². The van der Waals surface area contributed by atoms with E-state index < -0.39 is 0 Å². The van der Waals surface area contributed by atoms with Gasteiger partial charge in [0.1, 0.15) is 0 Å². The Labute approximate surface area is 231 Å². The molecule has 2 nitrogen and oxygen atoms in total. The van der Waals surface area contributed by atoms with E-state index in [4.69, 9.17) is 5.10 Å². The molecule has 1 heterocycles. The Morgan fingerprint density at radius 1 is 0.892 bits per heavy atom. The number of allylic oxidation sites excluding steroid dienone is 1. The van der Waals surface area contributed by atoms with Crippen LogP contribution in [0.3, 0.4) is 0 Å². The van der Waals surface area contributed by atoms with Gasteiger partial charge in [-0.15, -0.1) is 23.5 Å². The first-order valence-corrected chi connectivity index (χ1v) is 15.8. The molecule has 0 amide bonds. The molecule has 37 heavy (non-hydrogen) atoms. The maximum atomic E-state index is 5.41. The summed E-state index contributed by atoms with van der Waals surface area (Å²) >= 11 is 3.59. The summed E-state index contributed by atoms with van der Waals surface area (Å²) in [6, 6.07) is 29.1. The third-order valence-electron chi connectivity index (χ3n) is 8.50. The Hall–Kier alpha value is -2.43. The molecule has 192 valence electrons. The largest absolute Gasteiger partial charge is 0.257 e. The van der Waals surface area contributed by atoms with Crippen LogP contribution in [0.25, 0.3) is 6.08 Å². The van der Waals surface area contributed by atoms with Crippen LogP contribution in [-0.2, 0) is 0 Å². The molecule has 1 aliphatic heterocycles. The molecule has 0 aromatic heterocycles. The predicted octanol–water partition coefficient (Wildman–Crippen LogP) is 9.59. The molecule has 0 N–H and O–H groups in total. The molecule has 1 fully saturated rings. The van der Waals surface area contributed by atoms with Gasteiger partial charge in [0.2, 0.25) is 0 Å². The first kappa shape index (κ1) is 26.2. The number of benzene rings is 3. The van der Waals surface area contributed by atoms with Gasteiger partial charge >= 0.3 is 0 Å². The first-order valence-electron chi connectivity index (χ1n) is 13.3. The molecule has 3 aromatic rings. The average molecular weight is 527 g/mol. The highest BCUT2D eigenvalue weighted by atomic mass is 32.2. The minimum absolute atomic E-state index is 0.200. The zero-order valence-electron chi connectivity index (χ0n) is 22.6. The Kier molecular flexibility index (Phi) is 7.88. The molecule has 3 aromatic carbocycles. The summed E-state index contributed by atoms with van der Waals surface area (Å²) in [7, 11) is 0. The number of hydrogen-bond donors (Lipinski definition) is 0. The smallest absolute Gasteiger partial charge is 0.0860 e. The number of para-hydroxylation sites is 1. The summed E-state index contributed by atoms with van der Waals surface area (Å²) < 4.78 is 0. The highest BCUT2D eigenvalue weighted by molar-refractivity contribution is 7.98. The normalized spacial score (nSPS) is 22.7. The quantitative estimate of drug-likeness (QED) is 0.285. The van der Waals surface area contributed by atoms with Crippen molar-refractivity contribution in [3.8, 4) is 0 Å². The van der Waals surface area contributed by atoms with Crippen molar-refractivity contribution >= 4 is 41.0 Å². The number of nitrogens with zero attached hydrogens (tertiary/aromatic N) is 2. The summed E-state index contributed by atoms with van der Waals surface area (Å²) in [5, 5.41) is 7.71. The third kappa shape index (κ3) is 5.42. The van der Waals surface area contributed by atoms with Gasteiger partial charge in [-0.1, -0.05) is 69.7 Å². The molecule has 1 aliphatic carbocycles. The molecule has 1 saturated carbocycles. The Bertz CT molecular complexity index is 1260. The van der Waals surface area contributed by atoms with Crippen molar-refractivity contribution in [2.45, 2.75) is 55.9 Å². The topological polar surface area (TPSA) is 15.6 Å². The molecule has 4 heteroatoms. The summed E-state index contributed by atoms with van der Waals surface area (Å²) in [6.45, 7) is 7.26. The average Bonchev–Trinajstić information content (AvgIpc) is 3.34. The molecule has 0 radical (unpaired) electrons. The molecule has 5 rings (SSSR count). The molecule has 3 unspecified atom stereocenters. The number of rotatable bonds is 7. The summed E-state index contributed by atoms with van der Waals surface area (Å²) in [6.07, 6.45) is 10.1. The van der Waals surface area contributed by atoms with Gasteiger partial charge in [-0.3, -0.25) is 5.01 Å². The van der Waals surface area contributed by atoms with Crippen molar-refractivity contribution < 1.29 is 0 Å². The second-order valence-electron chi connectivity index (χ2n) is 10.9. The van der Waals surface area contributed by atoms with Crippen molar-refractivity contribution in [3.63, 3.8) is 0 Å². The van der Waals surface area contributed by atoms with Crippen LogP contribution in [-0.4, -0.2) is 18.2 Å². The van der Waals surface area contributed by atoms with E-state index in [1.54, 1.807) is 23.5 Å². The van der Waals surface area contributed by atoms with Crippen LogP contribution in [0.1, 0.15) is 57.2 Å². The van der Waals surface area contributed by atoms with E-state index in [1.807, 2.05) is 0 Å². The zero-order valence-corrected chi connectivity index (χ0v) is 24.3. The highest BCUT2D eigenvalue weighted by Crippen LogP contribution is 2.52. The molecule has 0 saturated heterocycles. The molecule has 0 spiro atoms. The fraction of sp³-hybridized carbons (Fsp3) is 0.364. The fourth-order valence-corrected chi connectivity index (χ4v) is 6.58. The van der Waals surface area contributed by atoms with Gasteiger partial charge in [0.15, 0.2) is 0 Å². The third-order valence-corrected chi connectivity index (χ3v) is 9.98. The van der Waals surface area contributed by atoms with E-state index in [2.05, 4.69) is 123 Å². The maximum absolute atomic E-state index is 5.41. The minimum atomic E-state index is 0.200. The van der Waals surface area contributed by atoms with E-state index in [1.165, 1.54) is 50.7 Å². The van der Waals surface area contributed by atoms with E-state index in [9.17, 15) is 0 Å². The van der Waals surface area contributed by atoms with Crippen LogP contribution < -0.4 is 5.01 Å². The van der Waals surface area contributed by atoms with Gasteiger partial charge in [0, 0.05) is 15.7 Å². The SMILES string of the molecule is CCC(C)(C)C1C/C(=C/c2ccc(SC)cc2)C2=NN(c3ccccc3)C(c3ccc(SC)cc3)C2C1. The summed E-state index contributed by atoms with van der Waals surface area (Å²) in [5.74, 6) is 0.975. The second-order valence-corrected chi connectivity index (χ2v) is 12.7. The second kappa shape index (κ2) is 11.1. The van der Waals surface area contributed by atoms with Gasteiger partial charge in [0.25, 0.3) is 0 Å². The lowest BCUT2D eigenvalue weighted by molar-refractivity contribution is 0.168. The van der Waals surface area contributed by atoms with Gasteiger partial charge in [-0.2, -0.15) is 5.10 Å². The zero-order chi connectivity index (χ0) is 26.0. The van der Waals surface area contributed by atoms with Crippen molar-refractivity contribution in [1.82, 2.24) is 0 Å². The molecular weight excluding hydrogens is 489 g/mol. The summed E-state index contributed by atoms with van der Waals surface area (Å²) in [5.41, 5.74) is 6.75. The lowest BCUT2D eigenvalue weighted by Crippen LogP contribution is -2.36. The predicted molar refractivity (Wildman–Crippen MR) is 164 cm³/mol. The van der Waals surface area contributed by atoms with Gasteiger partial charge in [-0.25, -0.2) is 0 Å². The number of thioether (sulfide) groups is 2. The summed E-state index contributed by atoms with van der Waals surface area (Å²) in [4.78, 5) is 2.60. The Balaban J connectivity index is 1.62. The van der Waals surface area contributed by atoms with Gasteiger partial charge < -0.3 is 0 Å². The first-order chi connectivity index (χ1) is 17.9. The van der Waals surface area contributed by atoms with E-state index in [0.717, 1.165) is 6.42 Å². The lowest BCUT2D eigenvalue weighted by Gasteiger charge is -2.41. The van der Waals surface area contributed by atoms with Gasteiger partial charge in [-0.05, 0) is 95.9 Å². The Morgan fingerprint density at radius 2 is 1.51 bits per heavy atom. The monoisotopic (exact) mass is 526 g/mol. The van der Waals surface area contributed by atoms with Crippen LogP contribution in [0.15, 0.2) is 99.3 Å². The molecule has 2 aliphatic rings. The van der Waals surface area contributed by atoms with E-state index in [0.29, 0.717) is 11.8 Å². The highest BCUT2D eigenvalue weighted by Gasteiger charge is 2.47. The maximum Gasteiger partial charge on any atom is 0.0860 e. The van der Waals surface area contributed by atoms with E-state index in [-0.39, 0.29) is 11.5 Å². The van der Waals surface area contributed by atoms with Crippen LogP contribution in [0.4, 0.5) is 5.69 Å². The van der Waals surface area contributed by atoms with Crippen molar-refractivity contribution in [2.75, 3.05) is 17.5 Å². The van der Waals surface area contributed by atoms with Gasteiger partial charge in [0.05, 0.1) is 17.4 Å². The lowest BCUT2D eigenvalue weighted by atomic mass is 9.63. The number of anilines is 1. The van der Waals surface area contributed by atoms with Crippen LogP contribution >= 0.6 is 23.5 Å². The van der Waals surface area contributed by atoms with Crippen LogP contribution in [0.2, 0.25) is 0 Å². The number of fused-ring (bicyclic) bond motifs is 1. The van der Waals surface area contributed by atoms with Crippen LogP contribution in [0.5, 0.6) is 0 Å². The van der Waals surface area contributed by atoms with Crippen molar-refractivity contribution in [2.24, 2.45) is 22.4 Å². The number of hydrogen-bond acceptors (Lipinski definition) is 4. The minimum Gasteiger partial charge on any atom is -0.257 e. The molecule has 0 bridgehead atoms. The standard InChI is InChI=1S/C33H38N2S2/c1-6-33(2,3)26-21-25(20-23-12-16-28(36-4)17-13-23)31-30(22-26)32(24-14-18-29(37-5)19-15-24)35(34-31)27-10-8-7-9-11-27/h7-20,26,30,32H,6,21-22H2,1-5H3/b25-20-. The molecular formula is C33H38N2S2. The fourth-order valence-electron chi connectivity index (χ4n) is 5.77. The van der Waals surface area contributed by atoms with Crippen molar-refractivity contribution in [1.29, 1.82) is 0 Å². The number of hydrazone groups is 1. The van der Waals surface area contributed by atoms with Crippen molar-refractivity contribution in [3.05, 3.63) is 95.6 Å².